The fourth-order valence-electron chi connectivity index (χ4n) is 7.49. The smallest absolute Gasteiger partial charge is 0.383 e. The summed E-state index contributed by atoms with van der Waals surface area (Å²) >= 11 is 0. The lowest BCUT2D eigenvalue weighted by molar-refractivity contribution is -0.496. The topological polar surface area (TPSA) is 49.7 Å². The molecule has 0 radical (unpaired) electrons. The first-order chi connectivity index (χ1) is 11.4. The molecular formula is C17H21F5O3. The highest BCUT2D eigenvalue weighted by Crippen LogP contribution is 2.73. The Bertz CT molecular complexity index is 620. The predicted octanol–water partition coefficient (Wildman–Crippen LogP) is 2.95. The van der Waals surface area contributed by atoms with Crippen molar-refractivity contribution in [3.05, 3.63) is 0 Å². The number of ether oxygens (including phenoxy) is 1. The van der Waals surface area contributed by atoms with Crippen LogP contribution in [0.2, 0.25) is 0 Å². The third-order valence-corrected chi connectivity index (χ3v) is 8.22. The van der Waals surface area contributed by atoms with Gasteiger partial charge >= 0.3 is 17.9 Å². The van der Waals surface area contributed by atoms with Gasteiger partial charge in [-0.15, -0.1) is 0 Å². The van der Waals surface area contributed by atoms with Crippen molar-refractivity contribution in [2.45, 2.75) is 62.2 Å². The van der Waals surface area contributed by atoms with Crippen molar-refractivity contribution in [2.24, 2.45) is 41.4 Å². The number of alkyl halides is 5. The van der Waals surface area contributed by atoms with Gasteiger partial charge < -0.3 is 14.9 Å². The minimum Gasteiger partial charge on any atom is -0.383 e. The molecular weight excluding hydrogens is 347 g/mol. The van der Waals surface area contributed by atoms with Crippen LogP contribution in [0.4, 0.5) is 22.0 Å². The van der Waals surface area contributed by atoms with Gasteiger partial charge in [0.2, 0.25) is 0 Å². The maximum atomic E-state index is 14.7. The van der Waals surface area contributed by atoms with Gasteiger partial charge in [-0.25, -0.2) is 0 Å². The van der Waals surface area contributed by atoms with Gasteiger partial charge in [0.25, 0.3) is 0 Å². The second-order valence-corrected chi connectivity index (χ2v) is 9.02. The molecule has 8 heteroatoms. The molecule has 5 fully saturated rings. The molecule has 1 heterocycles. The average molecular weight is 368 g/mol. The van der Waals surface area contributed by atoms with Crippen molar-refractivity contribution >= 4 is 0 Å². The van der Waals surface area contributed by atoms with Gasteiger partial charge in [-0.05, 0) is 68.1 Å². The van der Waals surface area contributed by atoms with E-state index in [1.165, 1.54) is 0 Å². The zero-order valence-corrected chi connectivity index (χ0v) is 13.6. The molecule has 10 atom stereocenters. The number of hydrogen-bond acceptors (Lipinski definition) is 3. The highest BCUT2D eigenvalue weighted by Gasteiger charge is 2.85. The van der Waals surface area contributed by atoms with Crippen LogP contribution in [0.15, 0.2) is 0 Å². The van der Waals surface area contributed by atoms with Gasteiger partial charge in [0.05, 0.1) is 6.10 Å². The van der Waals surface area contributed by atoms with E-state index in [1.54, 1.807) is 0 Å². The zero-order chi connectivity index (χ0) is 18.2. The summed E-state index contributed by atoms with van der Waals surface area (Å²) in [6, 6.07) is 0. The maximum absolute atomic E-state index is 14.7. The highest BCUT2D eigenvalue weighted by atomic mass is 19.4. The van der Waals surface area contributed by atoms with Gasteiger partial charge in [-0.1, -0.05) is 0 Å². The molecule has 0 amide bonds. The van der Waals surface area contributed by atoms with Crippen molar-refractivity contribution in [3.8, 4) is 0 Å². The van der Waals surface area contributed by atoms with Crippen LogP contribution in [0, 0.1) is 41.4 Å². The molecule has 142 valence electrons. The number of rotatable bonds is 0. The number of halogens is 5. The van der Waals surface area contributed by atoms with Gasteiger partial charge in [-0.3, -0.25) is 0 Å². The molecule has 2 N–H and O–H groups in total. The lowest BCUT2D eigenvalue weighted by Gasteiger charge is -2.57. The maximum Gasteiger partial charge on any atom is 0.449 e. The van der Waals surface area contributed by atoms with Gasteiger partial charge in [0, 0.05) is 5.92 Å². The van der Waals surface area contributed by atoms with Gasteiger partial charge in [0.15, 0.2) is 0 Å². The van der Waals surface area contributed by atoms with E-state index < -0.39 is 35.5 Å². The third kappa shape index (κ3) is 1.60. The second kappa shape index (κ2) is 4.33. The quantitative estimate of drug-likeness (QED) is 0.511. The molecule has 5 aliphatic rings. The second-order valence-electron chi connectivity index (χ2n) is 9.02. The van der Waals surface area contributed by atoms with Crippen LogP contribution in [0.25, 0.3) is 0 Å². The van der Waals surface area contributed by atoms with E-state index in [9.17, 15) is 32.2 Å². The van der Waals surface area contributed by atoms with Gasteiger partial charge in [-0.2, -0.15) is 22.0 Å². The van der Waals surface area contributed by atoms with Crippen LogP contribution in [0.5, 0.6) is 0 Å². The molecule has 0 aromatic heterocycles. The predicted molar refractivity (Wildman–Crippen MR) is 74.3 cm³/mol. The van der Waals surface area contributed by atoms with Crippen LogP contribution in [0.3, 0.4) is 0 Å². The fraction of sp³-hybridized carbons (Fsp3) is 1.00. The van der Waals surface area contributed by atoms with Crippen molar-refractivity contribution in [1.29, 1.82) is 0 Å². The zero-order valence-electron chi connectivity index (χ0n) is 13.6. The van der Waals surface area contributed by atoms with Crippen molar-refractivity contribution in [2.75, 3.05) is 0 Å². The summed E-state index contributed by atoms with van der Waals surface area (Å²) in [6.07, 6.45) is -3.28. The Morgan fingerprint density at radius 1 is 0.960 bits per heavy atom. The van der Waals surface area contributed by atoms with Crippen molar-refractivity contribution in [1.82, 2.24) is 0 Å². The largest absolute Gasteiger partial charge is 0.449 e. The first kappa shape index (κ1) is 16.7. The van der Waals surface area contributed by atoms with Crippen molar-refractivity contribution < 1.29 is 36.9 Å². The summed E-state index contributed by atoms with van der Waals surface area (Å²) < 4.78 is 74.1. The molecule has 10 unspecified atom stereocenters. The van der Waals surface area contributed by atoms with E-state index in [0.29, 0.717) is 18.3 Å². The molecule has 4 saturated carbocycles. The molecule has 3 nitrogen and oxygen atoms in total. The van der Waals surface area contributed by atoms with E-state index in [-0.39, 0.29) is 23.7 Å². The van der Waals surface area contributed by atoms with Gasteiger partial charge in [0.1, 0.15) is 5.60 Å². The lowest BCUT2D eigenvalue weighted by atomic mass is 9.59. The SMILES string of the molecule is CC1(O)C2C3CC(C2OC(O)(C(F)(F)F)C1(F)F)C1C2CCC(C2)C31. The Morgan fingerprint density at radius 2 is 1.52 bits per heavy atom. The number of aliphatic hydroxyl groups is 2. The monoisotopic (exact) mass is 368 g/mol. The fourth-order valence-corrected chi connectivity index (χ4v) is 7.49. The molecule has 4 bridgehead atoms. The van der Waals surface area contributed by atoms with Crippen LogP contribution in [-0.2, 0) is 4.74 Å². The summed E-state index contributed by atoms with van der Waals surface area (Å²) in [5, 5.41) is 20.5. The summed E-state index contributed by atoms with van der Waals surface area (Å²) in [6.45, 7) is 0.743. The molecule has 1 saturated heterocycles. The van der Waals surface area contributed by atoms with E-state index in [4.69, 9.17) is 4.74 Å². The summed E-state index contributed by atoms with van der Waals surface area (Å²) in [5.41, 5.74) is -2.97. The van der Waals surface area contributed by atoms with E-state index in [0.717, 1.165) is 26.2 Å². The molecule has 0 aromatic carbocycles. The first-order valence-electron chi connectivity index (χ1n) is 8.99. The highest BCUT2D eigenvalue weighted by molar-refractivity contribution is 5.23. The Labute approximate surface area is 141 Å². The average Bonchev–Trinajstić information content (AvgIpc) is 3.21. The van der Waals surface area contributed by atoms with Crippen LogP contribution in [0.1, 0.15) is 32.6 Å². The molecule has 5 rings (SSSR count). The third-order valence-electron chi connectivity index (χ3n) is 8.22. The van der Waals surface area contributed by atoms with E-state index >= 15 is 0 Å². The normalized spacial score (nSPS) is 61.4. The van der Waals surface area contributed by atoms with E-state index in [1.807, 2.05) is 0 Å². The van der Waals surface area contributed by atoms with Crippen LogP contribution in [-0.4, -0.2) is 39.8 Å². The summed E-state index contributed by atoms with van der Waals surface area (Å²) in [4.78, 5) is 0. The Kier molecular flexibility index (Phi) is 2.89. The molecule has 1 aliphatic heterocycles. The standard InChI is InChI=1S/C17H21F5O3/c1-14(23)12-8-5-9(11-7-3-2-6(4-7)10(8)11)13(12)25-16(24,15(14,18)19)17(20,21)22/h6-13,23-24H,2-5H2,1H3. The molecule has 0 spiro atoms. The Hall–Kier alpha value is -0.470. The van der Waals surface area contributed by atoms with Crippen LogP contribution < -0.4 is 0 Å². The Morgan fingerprint density at radius 3 is 2.08 bits per heavy atom. The summed E-state index contributed by atoms with van der Waals surface area (Å²) in [5.74, 6) is -9.87. The molecule has 25 heavy (non-hydrogen) atoms. The first-order valence-corrected chi connectivity index (χ1v) is 8.99. The number of hydrogen-bond donors (Lipinski definition) is 2. The Balaban J connectivity index is 1.60. The minimum absolute atomic E-state index is 0.185. The number of fused-ring (bicyclic) bond motifs is 12. The minimum atomic E-state index is -5.69. The van der Waals surface area contributed by atoms with E-state index in [2.05, 4.69) is 0 Å². The molecule has 0 aromatic rings. The summed E-state index contributed by atoms with van der Waals surface area (Å²) in [7, 11) is 0. The lowest BCUT2D eigenvalue weighted by Crippen LogP contribution is -2.78. The van der Waals surface area contributed by atoms with Crippen molar-refractivity contribution in [3.63, 3.8) is 0 Å². The molecule has 4 aliphatic carbocycles. The van der Waals surface area contributed by atoms with Crippen LogP contribution >= 0.6 is 0 Å².